The Balaban J connectivity index is 1.28. The zero-order valence-electron chi connectivity index (χ0n) is 23.3. The van der Waals surface area contributed by atoms with E-state index in [4.69, 9.17) is 0 Å². The van der Waals surface area contributed by atoms with Crippen LogP contribution in [0.3, 0.4) is 0 Å². The highest BCUT2D eigenvalue weighted by atomic mass is 19.3. The van der Waals surface area contributed by atoms with E-state index < -0.39 is 40.7 Å². The summed E-state index contributed by atoms with van der Waals surface area (Å²) < 4.78 is 88.8. The highest BCUT2D eigenvalue weighted by Crippen LogP contribution is 2.35. The zero-order valence-corrected chi connectivity index (χ0v) is 23.3. The summed E-state index contributed by atoms with van der Waals surface area (Å²) in [6.07, 6.45) is 0.682. The lowest BCUT2D eigenvalue weighted by Crippen LogP contribution is -2.22. The van der Waals surface area contributed by atoms with Crippen molar-refractivity contribution in [3.63, 3.8) is 0 Å². The van der Waals surface area contributed by atoms with Crippen molar-refractivity contribution in [2.75, 3.05) is 0 Å². The smallest absolute Gasteiger partial charge is 0.426 e. The molecule has 0 fully saturated rings. The molecule has 0 aliphatic heterocycles. The second-order valence-electron chi connectivity index (χ2n) is 10.3. The number of unbranched alkanes of at least 4 members (excludes halogenated alkanes) is 2. The summed E-state index contributed by atoms with van der Waals surface area (Å²) in [5, 5.41) is 0. The molecule has 7 heteroatoms. The predicted octanol–water partition coefficient (Wildman–Crippen LogP) is 11.1. The molecular weight excluding hydrogens is 562 g/mol. The number of ether oxygens (including phenoxy) is 1. The first-order chi connectivity index (χ1) is 20.6. The third-order valence-electron chi connectivity index (χ3n) is 7.28. The van der Waals surface area contributed by atoms with Crippen molar-refractivity contribution in [2.45, 2.75) is 38.7 Å². The Labute approximate surface area is 246 Å². The number of hydrogen-bond acceptors (Lipinski definition) is 1. The van der Waals surface area contributed by atoms with Gasteiger partial charge in [-0.05, 0) is 64.4 Å². The van der Waals surface area contributed by atoms with Crippen LogP contribution in [-0.2, 0) is 12.5 Å². The third-order valence-corrected chi connectivity index (χ3v) is 7.28. The average molecular weight is 591 g/mol. The van der Waals surface area contributed by atoms with Crippen molar-refractivity contribution >= 4 is 0 Å². The van der Waals surface area contributed by atoms with Crippen LogP contribution in [0.15, 0.2) is 103 Å². The quantitative estimate of drug-likeness (QED) is 0.0893. The van der Waals surface area contributed by atoms with Gasteiger partial charge in [-0.3, -0.25) is 0 Å². The van der Waals surface area contributed by atoms with Gasteiger partial charge in [0.25, 0.3) is 0 Å². The topological polar surface area (TPSA) is 9.23 Å². The molecule has 1 nitrogen and oxygen atoms in total. The van der Waals surface area contributed by atoms with Crippen LogP contribution in [0, 0.1) is 23.3 Å². The van der Waals surface area contributed by atoms with E-state index in [1.54, 1.807) is 12.1 Å². The third kappa shape index (κ3) is 6.94. The van der Waals surface area contributed by atoms with Crippen LogP contribution in [0.4, 0.5) is 26.3 Å². The summed E-state index contributed by atoms with van der Waals surface area (Å²) >= 11 is 0. The normalized spacial score (nSPS) is 11.5. The first kappa shape index (κ1) is 30.0. The number of aryl methyl sites for hydroxylation is 1. The predicted molar refractivity (Wildman–Crippen MR) is 157 cm³/mol. The number of halogens is 6. The molecule has 0 aliphatic carbocycles. The molecule has 0 saturated carbocycles. The van der Waals surface area contributed by atoms with Gasteiger partial charge in [-0.2, -0.15) is 8.78 Å². The van der Waals surface area contributed by atoms with Gasteiger partial charge in [0, 0.05) is 17.7 Å². The van der Waals surface area contributed by atoms with Crippen LogP contribution < -0.4 is 4.74 Å². The van der Waals surface area contributed by atoms with Crippen LogP contribution in [0.5, 0.6) is 5.75 Å². The molecule has 0 unspecified atom stereocenters. The van der Waals surface area contributed by atoms with Gasteiger partial charge in [-0.1, -0.05) is 92.6 Å². The zero-order chi connectivity index (χ0) is 30.6. The number of benzene rings is 5. The van der Waals surface area contributed by atoms with Crippen LogP contribution in [0.2, 0.25) is 0 Å². The fourth-order valence-corrected chi connectivity index (χ4v) is 4.87. The standard InChI is InChI=1S/C36H28F6O/c1-2-3-4-5-23-6-8-24(9-7-23)25-10-12-26(13-11-25)28-16-19-31(32(37)20-28)27-14-17-29(18-15-27)36(41,42)43-30-21-33(38)35(40)34(39)22-30/h6-22H,2-5H2,1H3. The van der Waals surface area contributed by atoms with Crippen LogP contribution >= 0.6 is 0 Å². The molecule has 220 valence electrons. The Morgan fingerprint density at radius 1 is 0.558 bits per heavy atom. The molecule has 0 aromatic heterocycles. The fraction of sp³-hybridized carbons (Fsp3) is 0.167. The summed E-state index contributed by atoms with van der Waals surface area (Å²) in [5.41, 5.74) is 4.87. The highest BCUT2D eigenvalue weighted by molar-refractivity contribution is 5.74. The summed E-state index contributed by atoms with van der Waals surface area (Å²) in [5.74, 6) is -6.51. The Kier molecular flexibility index (Phi) is 8.90. The van der Waals surface area contributed by atoms with E-state index in [1.807, 2.05) is 24.3 Å². The molecule has 0 saturated heterocycles. The van der Waals surface area contributed by atoms with E-state index in [1.165, 1.54) is 43.0 Å². The number of hydrogen-bond donors (Lipinski definition) is 0. The second kappa shape index (κ2) is 12.8. The molecule has 5 aromatic rings. The van der Waals surface area contributed by atoms with E-state index in [9.17, 15) is 22.0 Å². The molecule has 43 heavy (non-hydrogen) atoms. The van der Waals surface area contributed by atoms with Crippen molar-refractivity contribution in [2.24, 2.45) is 0 Å². The van der Waals surface area contributed by atoms with E-state index in [2.05, 4.69) is 35.9 Å². The molecule has 0 N–H and O–H groups in total. The molecule has 5 rings (SSSR count). The minimum atomic E-state index is -3.99. The molecule has 0 atom stereocenters. The Bertz CT molecular complexity index is 1670. The monoisotopic (exact) mass is 590 g/mol. The van der Waals surface area contributed by atoms with Crippen molar-refractivity contribution in [3.05, 3.63) is 138 Å². The minimum absolute atomic E-state index is 0.206. The maximum absolute atomic E-state index is 15.2. The molecule has 5 aromatic carbocycles. The molecule has 0 spiro atoms. The lowest BCUT2D eigenvalue weighted by Gasteiger charge is -2.19. The first-order valence-electron chi connectivity index (χ1n) is 14.0. The van der Waals surface area contributed by atoms with Gasteiger partial charge in [-0.25, -0.2) is 17.6 Å². The minimum Gasteiger partial charge on any atom is -0.429 e. The highest BCUT2D eigenvalue weighted by Gasteiger charge is 2.35. The average Bonchev–Trinajstić information content (AvgIpc) is 3.00. The molecule has 0 heterocycles. The Morgan fingerprint density at radius 2 is 1.07 bits per heavy atom. The lowest BCUT2D eigenvalue weighted by molar-refractivity contribution is -0.185. The van der Waals surface area contributed by atoms with Crippen LogP contribution in [0.25, 0.3) is 33.4 Å². The molecule has 0 radical (unpaired) electrons. The molecule has 0 amide bonds. The largest absolute Gasteiger partial charge is 0.429 e. The van der Waals surface area contributed by atoms with Gasteiger partial charge < -0.3 is 4.74 Å². The van der Waals surface area contributed by atoms with Crippen LogP contribution in [0.1, 0.15) is 37.3 Å². The van der Waals surface area contributed by atoms with Gasteiger partial charge in [0.15, 0.2) is 17.5 Å². The van der Waals surface area contributed by atoms with E-state index >= 15 is 4.39 Å². The fourth-order valence-electron chi connectivity index (χ4n) is 4.87. The lowest BCUT2D eigenvalue weighted by atomic mass is 9.96. The number of rotatable bonds is 10. The maximum Gasteiger partial charge on any atom is 0.426 e. The first-order valence-corrected chi connectivity index (χ1v) is 14.0. The summed E-state index contributed by atoms with van der Waals surface area (Å²) in [4.78, 5) is 0. The van der Waals surface area contributed by atoms with Crippen LogP contribution in [-0.4, -0.2) is 0 Å². The number of alkyl halides is 2. The van der Waals surface area contributed by atoms with Gasteiger partial charge in [0.05, 0.1) is 5.56 Å². The molecule has 0 aliphatic rings. The van der Waals surface area contributed by atoms with E-state index in [-0.39, 0.29) is 5.56 Å². The van der Waals surface area contributed by atoms with Gasteiger partial charge >= 0.3 is 6.11 Å². The van der Waals surface area contributed by atoms with Gasteiger partial charge in [-0.15, -0.1) is 0 Å². The van der Waals surface area contributed by atoms with E-state index in [0.717, 1.165) is 35.2 Å². The molecule has 0 bridgehead atoms. The van der Waals surface area contributed by atoms with Crippen molar-refractivity contribution in [3.8, 4) is 39.1 Å². The molecular formula is C36H28F6O. The Hall–Kier alpha value is -4.52. The summed E-state index contributed by atoms with van der Waals surface area (Å²) in [6, 6.07) is 26.4. The Morgan fingerprint density at radius 3 is 1.63 bits per heavy atom. The SMILES string of the molecule is CCCCCc1ccc(-c2ccc(-c3ccc(-c4ccc(C(F)(F)Oc5cc(F)c(F)c(F)c5)cc4)c(F)c3)cc2)cc1. The summed E-state index contributed by atoms with van der Waals surface area (Å²) in [6.45, 7) is 2.19. The maximum atomic E-state index is 15.2. The van der Waals surface area contributed by atoms with Crippen molar-refractivity contribution in [1.29, 1.82) is 0 Å². The second-order valence-corrected chi connectivity index (χ2v) is 10.3. The van der Waals surface area contributed by atoms with Crippen molar-refractivity contribution in [1.82, 2.24) is 0 Å². The van der Waals surface area contributed by atoms with Gasteiger partial charge in [0.2, 0.25) is 0 Å². The summed E-state index contributed by atoms with van der Waals surface area (Å²) in [7, 11) is 0. The van der Waals surface area contributed by atoms with Crippen molar-refractivity contribution < 1.29 is 31.1 Å². The van der Waals surface area contributed by atoms with Gasteiger partial charge in [0.1, 0.15) is 11.6 Å². The van der Waals surface area contributed by atoms with E-state index in [0.29, 0.717) is 23.3 Å².